The van der Waals surface area contributed by atoms with Gasteiger partial charge in [0.2, 0.25) is 5.91 Å². The number of halogens is 3. The van der Waals surface area contributed by atoms with Crippen molar-refractivity contribution in [3.8, 4) is 17.3 Å². The Morgan fingerprint density at radius 2 is 1.89 bits per heavy atom. The summed E-state index contributed by atoms with van der Waals surface area (Å²) in [5.74, 6) is -0.0205. The lowest BCUT2D eigenvalue weighted by atomic mass is 9.91. The number of hydrogen-bond donors (Lipinski definition) is 0. The van der Waals surface area contributed by atoms with E-state index in [2.05, 4.69) is 19.8 Å². The average Bonchev–Trinajstić information content (AvgIpc) is 3.76. The molecule has 8 nitrogen and oxygen atoms in total. The van der Waals surface area contributed by atoms with Gasteiger partial charge >= 0.3 is 6.01 Å². The molecule has 8 heterocycles. The second-order valence-corrected chi connectivity index (χ2v) is 14.1. The van der Waals surface area contributed by atoms with E-state index in [1.54, 1.807) is 18.3 Å². The summed E-state index contributed by atoms with van der Waals surface area (Å²) in [6.07, 6.45) is 5.88. The number of nitrogens with zero attached hydrogens (tertiary/aromatic N) is 6. The van der Waals surface area contributed by atoms with E-state index in [-0.39, 0.29) is 41.6 Å². The zero-order valence-corrected chi connectivity index (χ0v) is 26.2. The molecule has 6 aliphatic rings. The molecule has 11 heteroatoms. The molecule has 10 rings (SSSR count). The highest BCUT2D eigenvalue weighted by Crippen LogP contribution is 2.42. The molecule has 47 heavy (non-hydrogen) atoms. The normalized spacial score (nSPS) is 27.5. The fraction of sp³-hybridized carbons (Fsp3) is 0.500. The first-order valence-electron chi connectivity index (χ1n) is 17.0. The van der Waals surface area contributed by atoms with Crippen LogP contribution >= 0.6 is 0 Å². The molecular weight excluding hydrogens is 605 g/mol. The number of amides is 1. The van der Waals surface area contributed by atoms with Crippen LogP contribution in [0.25, 0.3) is 32.9 Å². The van der Waals surface area contributed by atoms with Crippen molar-refractivity contribution in [2.45, 2.75) is 69.1 Å². The van der Waals surface area contributed by atoms with Crippen LogP contribution in [0.5, 0.6) is 6.01 Å². The molecule has 0 N–H and O–H groups in total. The summed E-state index contributed by atoms with van der Waals surface area (Å²) >= 11 is 0. The highest BCUT2D eigenvalue weighted by atomic mass is 19.1. The van der Waals surface area contributed by atoms with Gasteiger partial charge in [-0.2, -0.15) is 9.97 Å². The maximum absolute atomic E-state index is 16.9. The number of rotatable bonds is 3. The maximum atomic E-state index is 16.9. The second-order valence-electron chi connectivity index (χ2n) is 14.1. The zero-order valence-electron chi connectivity index (χ0n) is 26.2. The summed E-state index contributed by atoms with van der Waals surface area (Å²) in [5, 5.41) is 1.82. The predicted octanol–water partition coefficient (Wildman–Crippen LogP) is 5.84. The van der Waals surface area contributed by atoms with E-state index in [1.165, 1.54) is 6.07 Å². The van der Waals surface area contributed by atoms with Gasteiger partial charge in [0.25, 0.3) is 0 Å². The number of carbonyl (C=O) groups is 1. The molecule has 0 saturated carbocycles. The van der Waals surface area contributed by atoms with Gasteiger partial charge in [-0.3, -0.25) is 14.7 Å². The number of benzene rings is 2. The molecule has 6 aliphatic heterocycles. The van der Waals surface area contributed by atoms with Crippen LogP contribution in [-0.4, -0.2) is 87.7 Å². The average molecular weight is 643 g/mol. The summed E-state index contributed by atoms with van der Waals surface area (Å²) in [6.45, 7) is 3.40. The lowest BCUT2D eigenvalue weighted by Crippen LogP contribution is -2.50. The number of piperidine rings is 1. The van der Waals surface area contributed by atoms with Crippen LogP contribution in [0.15, 0.2) is 36.5 Å². The van der Waals surface area contributed by atoms with Crippen LogP contribution < -0.4 is 9.64 Å². The molecular formula is C36H37F3N6O2. The lowest BCUT2D eigenvalue weighted by molar-refractivity contribution is -0.132. The Balaban J connectivity index is 1.22. The summed E-state index contributed by atoms with van der Waals surface area (Å²) < 4.78 is 53.3. The Bertz CT molecular complexity index is 1920. The minimum Gasteiger partial charge on any atom is -0.461 e. The van der Waals surface area contributed by atoms with Gasteiger partial charge in [0, 0.05) is 50.8 Å². The van der Waals surface area contributed by atoms with Gasteiger partial charge in [0.05, 0.1) is 17.0 Å². The second kappa shape index (κ2) is 11.0. The lowest BCUT2D eigenvalue weighted by Gasteiger charge is -2.39. The molecule has 6 bridgehead atoms. The van der Waals surface area contributed by atoms with E-state index < -0.39 is 17.5 Å². The van der Waals surface area contributed by atoms with Crippen molar-refractivity contribution in [3.05, 3.63) is 53.7 Å². The van der Waals surface area contributed by atoms with Crippen LogP contribution in [0.2, 0.25) is 0 Å². The summed E-state index contributed by atoms with van der Waals surface area (Å²) in [4.78, 5) is 34.1. The standard InChI is InChI=1S/C36H37F3N6O2/c37-23-16-36(12-3-13-44(36)18-23)20-47-35-41-33-26-17-40-32(31(33)39)25-6-1-4-22-8-9-27(38)24(30(22)25)5-2-7-29(46)45-15-11-21-10-14-43(19-28(21)45)34(26)42-35/h1,4,6,8-9,17,21,23,28H,2-3,5,7,10-16,18-20H2/t21-,23+,28-,36-/m0/s1. The van der Waals surface area contributed by atoms with Gasteiger partial charge in [0.15, 0.2) is 5.82 Å². The summed E-state index contributed by atoms with van der Waals surface area (Å²) in [7, 11) is 0. The highest BCUT2D eigenvalue weighted by molar-refractivity contribution is 6.01. The maximum Gasteiger partial charge on any atom is 0.319 e. The van der Waals surface area contributed by atoms with Gasteiger partial charge in [-0.05, 0) is 73.4 Å². The molecule has 4 atom stereocenters. The van der Waals surface area contributed by atoms with E-state index in [4.69, 9.17) is 9.72 Å². The Morgan fingerprint density at radius 1 is 1.00 bits per heavy atom. The minimum absolute atomic E-state index is 0.00225. The van der Waals surface area contributed by atoms with Crippen molar-refractivity contribution in [1.82, 2.24) is 24.8 Å². The first-order valence-corrected chi connectivity index (χ1v) is 17.0. The number of alkyl halides is 1. The predicted molar refractivity (Wildman–Crippen MR) is 172 cm³/mol. The number of pyridine rings is 1. The monoisotopic (exact) mass is 642 g/mol. The third-order valence-corrected chi connectivity index (χ3v) is 11.5. The smallest absolute Gasteiger partial charge is 0.319 e. The molecule has 1 amide bonds. The highest BCUT2D eigenvalue weighted by Gasteiger charge is 2.49. The number of anilines is 1. The molecule has 0 unspecified atom stereocenters. The van der Waals surface area contributed by atoms with Crippen LogP contribution in [0.3, 0.4) is 0 Å². The number of hydrogen-bond acceptors (Lipinski definition) is 7. The van der Waals surface area contributed by atoms with Gasteiger partial charge in [-0.1, -0.05) is 24.3 Å². The van der Waals surface area contributed by atoms with Crippen molar-refractivity contribution < 1.29 is 22.7 Å². The van der Waals surface area contributed by atoms with Gasteiger partial charge in [-0.15, -0.1) is 0 Å². The fourth-order valence-corrected chi connectivity index (χ4v) is 9.24. The Labute approximate surface area is 270 Å². The van der Waals surface area contributed by atoms with Crippen LogP contribution in [0.4, 0.5) is 19.0 Å². The molecule has 4 fully saturated rings. The third kappa shape index (κ3) is 4.67. The van der Waals surface area contributed by atoms with E-state index in [1.807, 2.05) is 17.0 Å². The molecule has 244 valence electrons. The number of carbonyl (C=O) groups excluding carboxylic acids is 1. The molecule has 0 spiro atoms. The number of aryl methyl sites for hydroxylation is 1. The molecule has 0 aliphatic carbocycles. The topological polar surface area (TPSA) is 74.7 Å². The number of fused-ring (bicyclic) bond motifs is 5. The van der Waals surface area contributed by atoms with Crippen molar-refractivity contribution in [2.24, 2.45) is 5.92 Å². The van der Waals surface area contributed by atoms with E-state index >= 15 is 8.78 Å². The zero-order chi connectivity index (χ0) is 31.9. The number of ether oxygens (including phenoxy) is 1. The molecule has 2 aromatic heterocycles. The number of aromatic nitrogens is 3. The van der Waals surface area contributed by atoms with E-state index in [9.17, 15) is 9.18 Å². The molecule has 0 radical (unpaired) electrons. The van der Waals surface area contributed by atoms with E-state index in [0.717, 1.165) is 37.6 Å². The quantitative estimate of drug-likeness (QED) is 0.278. The van der Waals surface area contributed by atoms with Crippen molar-refractivity contribution in [3.63, 3.8) is 0 Å². The van der Waals surface area contributed by atoms with Crippen LogP contribution in [0.1, 0.15) is 50.5 Å². The largest absolute Gasteiger partial charge is 0.461 e. The first-order chi connectivity index (χ1) is 22.9. The summed E-state index contributed by atoms with van der Waals surface area (Å²) in [5.41, 5.74) is 0.663. The first kappa shape index (κ1) is 29.2. The third-order valence-electron chi connectivity index (χ3n) is 11.5. The minimum atomic E-state index is -0.904. The van der Waals surface area contributed by atoms with Crippen molar-refractivity contribution in [1.29, 1.82) is 0 Å². The molecule has 2 aromatic carbocycles. The van der Waals surface area contributed by atoms with Crippen molar-refractivity contribution >= 4 is 33.4 Å². The van der Waals surface area contributed by atoms with E-state index in [0.29, 0.717) is 85.5 Å². The Hall–Kier alpha value is -3.99. The molecule has 4 saturated heterocycles. The summed E-state index contributed by atoms with van der Waals surface area (Å²) in [6, 6.07) is 8.64. The van der Waals surface area contributed by atoms with Crippen molar-refractivity contribution in [2.75, 3.05) is 44.2 Å². The fourth-order valence-electron chi connectivity index (χ4n) is 9.24. The van der Waals surface area contributed by atoms with Crippen LogP contribution in [0, 0.1) is 17.6 Å². The Morgan fingerprint density at radius 3 is 2.81 bits per heavy atom. The van der Waals surface area contributed by atoms with Gasteiger partial charge in [0.1, 0.15) is 35.6 Å². The molecule has 4 aromatic rings. The van der Waals surface area contributed by atoms with Crippen LogP contribution in [-0.2, 0) is 11.2 Å². The van der Waals surface area contributed by atoms with Gasteiger partial charge < -0.3 is 14.5 Å². The SMILES string of the molecule is O=C1CCCc2c(F)ccc3cccc(c23)-c2ncc3c(nc(OC[C@@]45CCCN4C[C@H](F)C5)nc3c2F)N2CC[C@H]3CCN1[C@H]3C2. The Kier molecular flexibility index (Phi) is 6.85. The van der Waals surface area contributed by atoms with Gasteiger partial charge in [-0.25, -0.2) is 13.2 Å².